The number of pyridine rings is 2. The largest absolute Gasteiger partial charge is 0.330 e. The number of aromatic nitrogens is 4. The topological polar surface area (TPSA) is 107 Å². The van der Waals surface area contributed by atoms with E-state index in [1.54, 1.807) is 12.4 Å². The standard InChI is InChI=1S/C31H22N6O/c1-29(27(38)37-28-35-15-24(36-28)20-8-4-6-18-14-33-13-11-19(18)20)16-30-23-10-5-12-34-26(23)31(30,17-32)22-9-3-2-7-21(22)25(29)30/h2-15,25H,16H2,1H3,(H2,35,36,37,38). The van der Waals surface area contributed by atoms with Crippen LogP contribution in [0, 0.1) is 16.7 Å². The average Bonchev–Trinajstić information content (AvgIpc) is 3.47. The lowest BCUT2D eigenvalue weighted by molar-refractivity contribution is -0.140. The van der Waals surface area contributed by atoms with E-state index in [4.69, 9.17) is 4.98 Å². The normalized spacial score (nSPS) is 27.6. The molecule has 4 atom stereocenters. The number of fused-ring (bicyclic) bond motifs is 6. The van der Waals surface area contributed by atoms with Crippen LogP contribution >= 0.6 is 0 Å². The first-order chi connectivity index (χ1) is 18.5. The number of imidazole rings is 1. The molecule has 0 bridgehead atoms. The second-order valence-corrected chi connectivity index (χ2v) is 10.8. The highest BCUT2D eigenvalue weighted by atomic mass is 16.2. The van der Waals surface area contributed by atoms with Gasteiger partial charge in [-0.3, -0.25) is 20.1 Å². The minimum Gasteiger partial charge on any atom is -0.330 e. The van der Waals surface area contributed by atoms with Crippen molar-refractivity contribution in [1.82, 2.24) is 19.9 Å². The van der Waals surface area contributed by atoms with Gasteiger partial charge in [0.2, 0.25) is 11.9 Å². The van der Waals surface area contributed by atoms with E-state index in [0.29, 0.717) is 12.4 Å². The molecule has 2 aromatic carbocycles. The molecule has 3 heterocycles. The number of benzene rings is 2. The third-order valence-electron chi connectivity index (χ3n) is 9.22. The van der Waals surface area contributed by atoms with Crippen molar-refractivity contribution in [2.45, 2.75) is 30.1 Å². The van der Waals surface area contributed by atoms with Crippen LogP contribution in [0.3, 0.4) is 0 Å². The molecule has 3 aliphatic rings. The maximum absolute atomic E-state index is 13.9. The molecule has 182 valence electrons. The minimum absolute atomic E-state index is 0.1000. The Morgan fingerprint density at radius 1 is 1.08 bits per heavy atom. The predicted octanol–water partition coefficient (Wildman–Crippen LogP) is 5.23. The summed E-state index contributed by atoms with van der Waals surface area (Å²) in [5.41, 5.74) is 3.75. The fourth-order valence-corrected chi connectivity index (χ4v) is 7.82. The molecule has 7 heteroatoms. The number of aromatic amines is 1. The SMILES string of the molecule is CC1(C(=O)Nc2nc(-c3cccc4cnccc34)c[nH]2)CC23c4cccnc4C2(C#N)c2ccccc2C13. The van der Waals surface area contributed by atoms with Gasteiger partial charge in [0.05, 0.1) is 22.9 Å². The number of H-pyrrole nitrogens is 1. The van der Waals surface area contributed by atoms with Gasteiger partial charge in [0, 0.05) is 47.1 Å². The monoisotopic (exact) mass is 494 g/mol. The number of anilines is 1. The number of nitrogens with zero attached hydrogens (tertiary/aromatic N) is 4. The Morgan fingerprint density at radius 3 is 2.84 bits per heavy atom. The predicted molar refractivity (Wildman–Crippen MR) is 142 cm³/mol. The van der Waals surface area contributed by atoms with E-state index in [0.717, 1.165) is 44.4 Å². The molecular weight excluding hydrogens is 472 g/mol. The number of hydrogen-bond acceptors (Lipinski definition) is 5. The zero-order valence-electron chi connectivity index (χ0n) is 20.6. The van der Waals surface area contributed by atoms with E-state index in [9.17, 15) is 10.1 Å². The van der Waals surface area contributed by atoms with Crippen LogP contribution in [0.5, 0.6) is 0 Å². The summed E-state index contributed by atoms with van der Waals surface area (Å²) in [4.78, 5) is 30.6. The van der Waals surface area contributed by atoms with E-state index >= 15 is 0 Å². The Kier molecular flexibility index (Phi) is 3.88. The molecule has 4 unspecified atom stereocenters. The maximum atomic E-state index is 13.9. The van der Waals surface area contributed by atoms with E-state index in [1.165, 1.54) is 0 Å². The molecule has 0 saturated heterocycles. The maximum Gasteiger partial charge on any atom is 0.233 e. The first-order valence-electron chi connectivity index (χ1n) is 12.7. The van der Waals surface area contributed by atoms with Gasteiger partial charge in [-0.1, -0.05) is 55.5 Å². The molecule has 3 aliphatic carbocycles. The Bertz CT molecular complexity index is 1860. The summed E-state index contributed by atoms with van der Waals surface area (Å²) in [5, 5.41) is 15.7. The molecule has 1 spiro atoms. The van der Waals surface area contributed by atoms with E-state index in [1.807, 2.05) is 67.8 Å². The summed E-state index contributed by atoms with van der Waals surface area (Å²) < 4.78 is 0. The number of nitrogens with one attached hydrogen (secondary N) is 2. The van der Waals surface area contributed by atoms with Crippen LogP contribution in [0.2, 0.25) is 0 Å². The first kappa shape index (κ1) is 21.3. The number of carbonyl (C=O) groups excluding carboxylic acids is 1. The highest BCUT2D eigenvalue weighted by Crippen LogP contribution is 2.82. The average molecular weight is 495 g/mol. The third kappa shape index (κ3) is 2.22. The fourth-order valence-electron chi connectivity index (χ4n) is 7.82. The van der Waals surface area contributed by atoms with Gasteiger partial charge in [-0.2, -0.15) is 5.26 Å². The fraction of sp³-hybridized carbons (Fsp3) is 0.194. The molecule has 1 fully saturated rings. The summed E-state index contributed by atoms with van der Waals surface area (Å²) >= 11 is 0. The number of rotatable bonds is 3. The Hall–Kier alpha value is -4.83. The zero-order chi connectivity index (χ0) is 25.7. The number of carbonyl (C=O) groups is 1. The molecule has 1 amide bonds. The van der Waals surface area contributed by atoms with Crippen molar-refractivity contribution in [1.29, 1.82) is 5.26 Å². The second-order valence-electron chi connectivity index (χ2n) is 10.8. The summed E-state index contributed by atoms with van der Waals surface area (Å²) in [6, 6.07) is 22.7. The number of amides is 1. The van der Waals surface area contributed by atoms with Crippen LogP contribution in [-0.4, -0.2) is 25.8 Å². The quantitative estimate of drug-likeness (QED) is 0.357. The van der Waals surface area contributed by atoms with Crippen LogP contribution in [0.4, 0.5) is 5.95 Å². The molecule has 5 aromatic rings. The molecular formula is C31H22N6O. The van der Waals surface area contributed by atoms with Gasteiger partial charge in [-0.05, 0) is 40.6 Å². The summed E-state index contributed by atoms with van der Waals surface area (Å²) in [6.07, 6.45) is 7.74. The van der Waals surface area contributed by atoms with Crippen LogP contribution < -0.4 is 5.32 Å². The van der Waals surface area contributed by atoms with Crippen molar-refractivity contribution in [3.05, 3.63) is 108 Å². The molecule has 2 N–H and O–H groups in total. The van der Waals surface area contributed by atoms with Crippen molar-refractivity contribution in [2.24, 2.45) is 5.41 Å². The second kappa shape index (κ2) is 6.93. The number of hydrogen-bond donors (Lipinski definition) is 2. The number of nitriles is 1. The van der Waals surface area contributed by atoms with Gasteiger partial charge >= 0.3 is 0 Å². The Labute approximate surface area is 218 Å². The summed E-state index contributed by atoms with van der Waals surface area (Å²) in [6.45, 7) is 2.01. The molecule has 38 heavy (non-hydrogen) atoms. The minimum atomic E-state index is -0.814. The van der Waals surface area contributed by atoms with Crippen molar-refractivity contribution in [2.75, 3.05) is 5.32 Å². The lowest BCUT2D eigenvalue weighted by Gasteiger charge is -2.67. The van der Waals surface area contributed by atoms with E-state index in [-0.39, 0.29) is 11.8 Å². The summed E-state index contributed by atoms with van der Waals surface area (Å²) in [7, 11) is 0. The van der Waals surface area contributed by atoms with Crippen molar-refractivity contribution in [3.8, 4) is 17.3 Å². The Balaban J connectivity index is 1.16. The van der Waals surface area contributed by atoms with Crippen molar-refractivity contribution in [3.63, 3.8) is 0 Å². The smallest absolute Gasteiger partial charge is 0.233 e. The first-order valence-corrected chi connectivity index (χ1v) is 12.7. The van der Waals surface area contributed by atoms with Gasteiger partial charge in [0.25, 0.3) is 0 Å². The van der Waals surface area contributed by atoms with E-state index < -0.39 is 16.2 Å². The summed E-state index contributed by atoms with van der Waals surface area (Å²) in [5.74, 6) is 0.186. The van der Waals surface area contributed by atoms with Gasteiger partial charge in [-0.15, -0.1) is 0 Å². The van der Waals surface area contributed by atoms with Crippen molar-refractivity contribution >= 4 is 22.6 Å². The third-order valence-corrected chi connectivity index (χ3v) is 9.22. The lowest BCUT2D eigenvalue weighted by atomic mass is 9.33. The van der Waals surface area contributed by atoms with Gasteiger partial charge < -0.3 is 4.98 Å². The molecule has 1 saturated carbocycles. The zero-order valence-corrected chi connectivity index (χ0v) is 20.6. The molecule has 7 nitrogen and oxygen atoms in total. The van der Waals surface area contributed by atoms with Gasteiger partial charge in [0.15, 0.2) is 0 Å². The molecule has 8 rings (SSSR count). The highest BCUT2D eigenvalue weighted by Gasteiger charge is 2.83. The van der Waals surface area contributed by atoms with Crippen LogP contribution in [-0.2, 0) is 15.6 Å². The van der Waals surface area contributed by atoms with Crippen LogP contribution in [0.25, 0.3) is 22.0 Å². The van der Waals surface area contributed by atoms with Crippen LogP contribution in [0.15, 0.2) is 85.5 Å². The van der Waals surface area contributed by atoms with Crippen LogP contribution in [0.1, 0.15) is 41.6 Å². The van der Waals surface area contributed by atoms with Gasteiger partial charge in [0.1, 0.15) is 5.41 Å². The van der Waals surface area contributed by atoms with E-state index in [2.05, 4.69) is 38.5 Å². The van der Waals surface area contributed by atoms with Crippen molar-refractivity contribution < 1.29 is 4.79 Å². The lowest BCUT2D eigenvalue weighted by Crippen LogP contribution is -2.70. The van der Waals surface area contributed by atoms with Gasteiger partial charge in [-0.25, -0.2) is 4.98 Å². The highest BCUT2D eigenvalue weighted by molar-refractivity contribution is 5.99. The molecule has 0 aliphatic heterocycles. The molecule has 3 aromatic heterocycles. The Morgan fingerprint density at radius 2 is 1.95 bits per heavy atom. The molecule has 0 radical (unpaired) electrons.